The van der Waals surface area contributed by atoms with Gasteiger partial charge in [-0.15, -0.1) is 10.2 Å². The van der Waals surface area contributed by atoms with Gasteiger partial charge in [0.25, 0.3) is 0 Å². The van der Waals surface area contributed by atoms with Crippen molar-refractivity contribution in [3.8, 4) is 22.9 Å². The average Bonchev–Trinajstić information content (AvgIpc) is 3.04. The molecular formula is C26H21N4O4S-. The van der Waals surface area contributed by atoms with Crippen LogP contribution in [0.25, 0.3) is 11.3 Å². The zero-order valence-corrected chi connectivity index (χ0v) is 19.6. The third-order valence-electron chi connectivity index (χ3n) is 5.37. The topological polar surface area (TPSA) is 109 Å². The van der Waals surface area contributed by atoms with Gasteiger partial charge in [0, 0.05) is 17.0 Å². The number of para-hydroxylation sites is 2. The predicted octanol–water partition coefficient (Wildman–Crippen LogP) is 3.77. The number of thioether (sulfide) groups is 1. The zero-order chi connectivity index (χ0) is 24.2. The standard InChI is InChI=1S/C26H22N4O4S/c1-16-10-12-17(13-11-16)15-35-26-28-25-23(29-30-26)18-6-2-4-8-20(18)27-24(34-25)19-7-3-5-9-21(19)33-14-22(31)32/h2-13,24,27H,14-15H2,1H3,(H,31,32)/p-1/t24-/m0/s1. The van der Waals surface area contributed by atoms with Crippen molar-refractivity contribution in [1.29, 1.82) is 0 Å². The molecule has 1 aliphatic rings. The number of hydrogen-bond acceptors (Lipinski definition) is 9. The first-order valence-corrected chi connectivity index (χ1v) is 11.9. The number of carbonyl (C=O) groups excluding carboxylic acids is 1. The maximum Gasteiger partial charge on any atom is 0.247 e. The van der Waals surface area contributed by atoms with E-state index in [1.54, 1.807) is 18.2 Å². The lowest BCUT2D eigenvalue weighted by atomic mass is 10.1. The number of aryl methyl sites for hydroxylation is 1. The summed E-state index contributed by atoms with van der Waals surface area (Å²) in [7, 11) is 0. The van der Waals surface area contributed by atoms with Gasteiger partial charge in [0.05, 0.1) is 11.5 Å². The Labute approximate surface area is 206 Å². The highest BCUT2D eigenvalue weighted by molar-refractivity contribution is 7.98. The van der Waals surface area contributed by atoms with E-state index >= 15 is 0 Å². The minimum Gasteiger partial charge on any atom is -0.546 e. The van der Waals surface area contributed by atoms with Crippen LogP contribution in [0.15, 0.2) is 78.0 Å². The first kappa shape index (κ1) is 22.7. The number of nitrogens with one attached hydrogen (secondary N) is 1. The van der Waals surface area contributed by atoms with E-state index in [0.717, 1.165) is 16.8 Å². The Morgan fingerprint density at radius 2 is 1.83 bits per heavy atom. The molecule has 1 N–H and O–H groups in total. The van der Waals surface area contributed by atoms with Crippen LogP contribution in [0.2, 0.25) is 0 Å². The Morgan fingerprint density at radius 3 is 2.66 bits per heavy atom. The van der Waals surface area contributed by atoms with Gasteiger partial charge in [0.1, 0.15) is 12.4 Å². The second kappa shape index (κ2) is 10.0. The summed E-state index contributed by atoms with van der Waals surface area (Å²) in [4.78, 5) is 15.6. The molecule has 8 nitrogen and oxygen atoms in total. The maximum absolute atomic E-state index is 11.0. The van der Waals surface area contributed by atoms with Crippen LogP contribution in [0.1, 0.15) is 22.9 Å². The fourth-order valence-electron chi connectivity index (χ4n) is 3.65. The molecule has 0 spiro atoms. The molecule has 5 rings (SSSR count). The first-order chi connectivity index (χ1) is 17.1. The molecule has 1 atom stereocenters. The van der Waals surface area contributed by atoms with Crippen LogP contribution in [0, 0.1) is 6.92 Å². The second-order valence-electron chi connectivity index (χ2n) is 7.91. The SMILES string of the molecule is Cc1ccc(CSc2nnc3c(n2)O[C@@H](c2ccccc2OCC(=O)[O-])Nc2ccccc2-3)cc1. The number of benzene rings is 3. The molecule has 0 bridgehead atoms. The highest BCUT2D eigenvalue weighted by Gasteiger charge is 2.27. The van der Waals surface area contributed by atoms with Crippen LogP contribution in [0.4, 0.5) is 5.69 Å². The molecular weight excluding hydrogens is 464 g/mol. The monoisotopic (exact) mass is 485 g/mol. The normalized spacial score (nSPS) is 14.0. The van der Waals surface area contributed by atoms with E-state index in [-0.39, 0.29) is 0 Å². The van der Waals surface area contributed by atoms with E-state index in [1.165, 1.54) is 17.3 Å². The zero-order valence-electron chi connectivity index (χ0n) is 18.8. The van der Waals surface area contributed by atoms with Crippen LogP contribution >= 0.6 is 11.8 Å². The third kappa shape index (κ3) is 5.20. The molecule has 0 aliphatic carbocycles. The molecule has 176 valence electrons. The molecule has 1 aromatic heterocycles. The van der Waals surface area contributed by atoms with Crippen molar-refractivity contribution in [3.63, 3.8) is 0 Å². The van der Waals surface area contributed by atoms with Crippen molar-refractivity contribution < 1.29 is 19.4 Å². The molecule has 0 saturated carbocycles. The van der Waals surface area contributed by atoms with E-state index in [0.29, 0.717) is 33.8 Å². The number of carbonyl (C=O) groups is 1. The van der Waals surface area contributed by atoms with Crippen molar-refractivity contribution in [1.82, 2.24) is 15.2 Å². The molecule has 0 radical (unpaired) electrons. The number of fused-ring (bicyclic) bond motifs is 3. The average molecular weight is 486 g/mol. The van der Waals surface area contributed by atoms with Gasteiger partial charge in [-0.2, -0.15) is 4.98 Å². The number of carboxylic acids is 1. The molecule has 0 amide bonds. The van der Waals surface area contributed by atoms with Gasteiger partial charge in [0.2, 0.25) is 17.3 Å². The maximum atomic E-state index is 11.0. The molecule has 0 unspecified atom stereocenters. The summed E-state index contributed by atoms with van der Waals surface area (Å²) >= 11 is 1.47. The van der Waals surface area contributed by atoms with Crippen LogP contribution < -0.4 is 19.9 Å². The van der Waals surface area contributed by atoms with Gasteiger partial charge in [0.15, 0.2) is 5.69 Å². The summed E-state index contributed by atoms with van der Waals surface area (Å²) in [6, 6.07) is 23.0. The van der Waals surface area contributed by atoms with E-state index in [2.05, 4.69) is 51.7 Å². The summed E-state index contributed by atoms with van der Waals surface area (Å²) in [5, 5.41) is 23.6. The number of ether oxygens (including phenoxy) is 2. The Kier molecular flexibility index (Phi) is 6.49. The highest BCUT2D eigenvalue weighted by Crippen LogP contribution is 2.41. The lowest BCUT2D eigenvalue weighted by molar-refractivity contribution is -0.307. The number of aromatic nitrogens is 3. The summed E-state index contributed by atoms with van der Waals surface area (Å²) in [6.07, 6.45) is -0.706. The van der Waals surface area contributed by atoms with Crippen molar-refractivity contribution >= 4 is 23.4 Å². The predicted molar refractivity (Wildman–Crippen MR) is 130 cm³/mol. The quantitative estimate of drug-likeness (QED) is 0.391. The summed E-state index contributed by atoms with van der Waals surface area (Å²) in [5.41, 5.74) is 5.07. The van der Waals surface area contributed by atoms with E-state index < -0.39 is 18.8 Å². The van der Waals surface area contributed by atoms with Crippen molar-refractivity contribution in [2.75, 3.05) is 11.9 Å². The molecule has 0 saturated heterocycles. The van der Waals surface area contributed by atoms with Crippen molar-refractivity contribution in [2.24, 2.45) is 0 Å². The second-order valence-corrected chi connectivity index (χ2v) is 8.85. The van der Waals surface area contributed by atoms with E-state index in [4.69, 9.17) is 9.47 Å². The number of rotatable bonds is 7. The molecule has 35 heavy (non-hydrogen) atoms. The number of nitrogens with zero attached hydrogens (tertiary/aromatic N) is 3. The van der Waals surface area contributed by atoms with Gasteiger partial charge in [-0.05, 0) is 30.7 Å². The number of anilines is 1. The Bertz CT molecular complexity index is 1360. The minimum absolute atomic E-state index is 0.323. The molecule has 1 aliphatic heterocycles. The summed E-state index contributed by atoms with van der Waals surface area (Å²) in [5.74, 6) is 0.0749. The Hall–Kier alpha value is -4.11. The van der Waals surface area contributed by atoms with Crippen molar-refractivity contribution in [2.45, 2.75) is 24.1 Å². The lowest BCUT2D eigenvalue weighted by Crippen LogP contribution is -2.29. The lowest BCUT2D eigenvalue weighted by Gasteiger charge is -2.22. The Morgan fingerprint density at radius 1 is 1.06 bits per heavy atom. The largest absolute Gasteiger partial charge is 0.546 e. The molecule has 2 heterocycles. The number of carboxylic acid groups (broad SMARTS) is 1. The van der Waals surface area contributed by atoms with Crippen LogP contribution in [-0.2, 0) is 10.5 Å². The Balaban J connectivity index is 1.48. The fraction of sp³-hybridized carbons (Fsp3) is 0.154. The van der Waals surface area contributed by atoms with Crippen molar-refractivity contribution in [3.05, 3.63) is 89.5 Å². The van der Waals surface area contributed by atoms with E-state index in [1.807, 2.05) is 30.3 Å². The molecule has 3 aromatic carbocycles. The van der Waals surface area contributed by atoms with Crippen LogP contribution in [-0.4, -0.2) is 27.8 Å². The number of hydrogen-bond donors (Lipinski definition) is 1. The minimum atomic E-state index is -1.31. The third-order valence-corrected chi connectivity index (χ3v) is 6.28. The van der Waals surface area contributed by atoms with Gasteiger partial charge in [-0.3, -0.25) is 0 Å². The molecule has 0 fully saturated rings. The van der Waals surface area contributed by atoms with Crippen LogP contribution in [0.5, 0.6) is 11.6 Å². The van der Waals surface area contributed by atoms with Gasteiger partial charge >= 0.3 is 0 Å². The first-order valence-electron chi connectivity index (χ1n) is 10.9. The van der Waals surface area contributed by atoms with Crippen LogP contribution in [0.3, 0.4) is 0 Å². The van der Waals surface area contributed by atoms with Gasteiger partial charge in [-0.25, -0.2) is 0 Å². The molecule has 9 heteroatoms. The fourth-order valence-corrected chi connectivity index (χ4v) is 4.38. The summed E-state index contributed by atoms with van der Waals surface area (Å²) < 4.78 is 11.8. The molecule has 4 aromatic rings. The number of aliphatic carboxylic acids is 1. The van der Waals surface area contributed by atoms with E-state index in [9.17, 15) is 9.90 Å². The van der Waals surface area contributed by atoms with Gasteiger partial charge < -0.3 is 24.7 Å². The highest BCUT2D eigenvalue weighted by atomic mass is 32.2. The van der Waals surface area contributed by atoms with Gasteiger partial charge in [-0.1, -0.05) is 71.9 Å². The smallest absolute Gasteiger partial charge is 0.247 e. The summed E-state index contributed by atoms with van der Waals surface area (Å²) in [6.45, 7) is 1.48.